The standard InChI is InChI=1S/C26H29F3N4O.C2H6/c1-17-14-18(2)22(19(3)15-17)32-12-13-33-23(20(4)30-25(32)33)24(34)31(11-10-26(27,28)29)16-21-8-6-5-7-9-21;1-2/h5-9,14-15H,10-13,16H2,1-4H3;1-2H3. The lowest BCUT2D eigenvalue weighted by molar-refractivity contribution is -0.136. The number of aromatic nitrogens is 2. The van der Waals surface area contributed by atoms with Gasteiger partial charge in [-0.25, -0.2) is 4.98 Å². The number of nitrogens with zero attached hydrogens (tertiary/aromatic N) is 4. The van der Waals surface area contributed by atoms with E-state index in [1.54, 1.807) is 6.92 Å². The SMILES string of the molecule is CC.Cc1cc(C)c(N2CCn3c2nc(C)c3C(=O)N(CCC(F)(F)F)Cc2ccccc2)c(C)c1. The number of hydrogen-bond donors (Lipinski definition) is 0. The molecule has 8 heteroatoms. The van der Waals surface area contributed by atoms with Gasteiger partial charge >= 0.3 is 6.18 Å². The zero-order chi connectivity index (χ0) is 26.6. The van der Waals surface area contributed by atoms with Gasteiger partial charge in [-0.05, 0) is 44.4 Å². The summed E-state index contributed by atoms with van der Waals surface area (Å²) in [4.78, 5) is 21.7. The lowest BCUT2D eigenvalue weighted by atomic mass is 10.0. The van der Waals surface area contributed by atoms with Crippen molar-refractivity contribution >= 4 is 17.5 Å². The van der Waals surface area contributed by atoms with Gasteiger partial charge in [0.15, 0.2) is 0 Å². The maximum atomic E-state index is 13.6. The monoisotopic (exact) mass is 500 g/mol. The average molecular weight is 501 g/mol. The van der Waals surface area contributed by atoms with Crippen LogP contribution in [0.15, 0.2) is 42.5 Å². The van der Waals surface area contributed by atoms with Crippen LogP contribution < -0.4 is 4.90 Å². The number of anilines is 2. The predicted molar refractivity (Wildman–Crippen MR) is 138 cm³/mol. The van der Waals surface area contributed by atoms with Crippen LogP contribution in [0.1, 0.15) is 58.7 Å². The van der Waals surface area contributed by atoms with Crippen LogP contribution in [0.5, 0.6) is 0 Å². The predicted octanol–water partition coefficient (Wildman–Crippen LogP) is 6.89. The third kappa shape index (κ3) is 5.91. The van der Waals surface area contributed by atoms with Crippen LogP contribution in [0.4, 0.5) is 24.8 Å². The van der Waals surface area contributed by atoms with Gasteiger partial charge in [-0.2, -0.15) is 13.2 Å². The highest BCUT2D eigenvalue weighted by atomic mass is 19.4. The van der Waals surface area contributed by atoms with Crippen LogP contribution in [-0.4, -0.2) is 39.6 Å². The Morgan fingerprint density at radius 2 is 1.61 bits per heavy atom. The van der Waals surface area contributed by atoms with E-state index in [0.717, 1.165) is 22.4 Å². The van der Waals surface area contributed by atoms with E-state index < -0.39 is 25.0 Å². The molecule has 0 spiro atoms. The first-order chi connectivity index (χ1) is 17.0. The Morgan fingerprint density at radius 1 is 1.00 bits per heavy atom. The highest BCUT2D eigenvalue weighted by molar-refractivity contribution is 5.95. The summed E-state index contributed by atoms with van der Waals surface area (Å²) >= 11 is 0. The Labute approximate surface area is 211 Å². The third-order valence-electron chi connectivity index (χ3n) is 6.19. The number of halogens is 3. The molecule has 2 aromatic carbocycles. The molecular weight excluding hydrogens is 465 g/mol. The Balaban J connectivity index is 0.00000176. The van der Waals surface area contributed by atoms with Crippen molar-refractivity contribution in [3.05, 3.63) is 76.1 Å². The molecule has 0 radical (unpaired) electrons. The number of aryl methyl sites for hydroxylation is 4. The van der Waals surface area contributed by atoms with E-state index >= 15 is 0 Å². The van der Waals surface area contributed by atoms with Gasteiger partial charge < -0.3 is 14.4 Å². The van der Waals surface area contributed by atoms with E-state index in [4.69, 9.17) is 4.98 Å². The summed E-state index contributed by atoms with van der Waals surface area (Å²) in [5.41, 5.74) is 6.14. The molecule has 4 rings (SSSR count). The van der Waals surface area contributed by atoms with Gasteiger partial charge in [0.2, 0.25) is 5.95 Å². The van der Waals surface area contributed by atoms with Gasteiger partial charge in [-0.1, -0.05) is 61.9 Å². The normalized spacial score (nSPS) is 12.8. The first kappa shape index (κ1) is 27.3. The van der Waals surface area contributed by atoms with Gasteiger partial charge in [0.25, 0.3) is 5.91 Å². The van der Waals surface area contributed by atoms with Crippen LogP contribution >= 0.6 is 0 Å². The lowest BCUT2D eigenvalue weighted by Crippen LogP contribution is -2.35. The molecule has 0 atom stereocenters. The molecule has 1 aromatic heterocycles. The number of carbonyl (C=O) groups is 1. The molecule has 2 heterocycles. The van der Waals surface area contributed by atoms with E-state index in [1.807, 2.05) is 48.7 Å². The zero-order valence-corrected chi connectivity index (χ0v) is 21.9. The number of fused-ring (bicyclic) bond motifs is 1. The first-order valence-electron chi connectivity index (χ1n) is 12.4. The van der Waals surface area contributed by atoms with E-state index in [1.165, 1.54) is 10.5 Å². The highest BCUT2D eigenvalue weighted by Crippen LogP contribution is 2.36. The van der Waals surface area contributed by atoms with Gasteiger partial charge in [-0.15, -0.1) is 0 Å². The van der Waals surface area contributed by atoms with Gasteiger partial charge in [0.1, 0.15) is 5.69 Å². The third-order valence-corrected chi connectivity index (χ3v) is 6.19. The topological polar surface area (TPSA) is 41.4 Å². The fourth-order valence-electron chi connectivity index (χ4n) is 4.82. The van der Waals surface area contributed by atoms with Gasteiger partial charge in [0, 0.05) is 31.9 Å². The number of rotatable bonds is 6. The molecule has 1 aliphatic heterocycles. The second kappa shape index (κ2) is 11.2. The fraction of sp³-hybridized carbons (Fsp3) is 0.429. The average Bonchev–Trinajstić information content (AvgIpc) is 3.35. The molecular formula is C28H35F3N4O. The smallest absolute Gasteiger partial charge is 0.333 e. The molecule has 1 aliphatic rings. The van der Waals surface area contributed by atoms with Crippen molar-refractivity contribution < 1.29 is 18.0 Å². The lowest BCUT2D eigenvalue weighted by Gasteiger charge is -2.24. The van der Waals surface area contributed by atoms with Crippen LogP contribution in [0, 0.1) is 27.7 Å². The molecule has 36 heavy (non-hydrogen) atoms. The zero-order valence-electron chi connectivity index (χ0n) is 21.9. The largest absolute Gasteiger partial charge is 0.390 e. The number of alkyl halides is 3. The van der Waals surface area contributed by atoms with Crippen molar-refractivity contribution in [3.8, 4) is 0 Å². The molecule has 0 saturated heterocycles. The van der Waals surface area contributed by atoms with E-state index in [9.17, 15) is 18.0 Å². The second-order valence-electron chi connectivity index (χ2n) is 8.97. The van der Waals surface area contributed by atoms with Crippen molar-refractivity contribution in [2.24, 2.45) is 0 Å². The highest BCUT2D eigenvalue weighted by Gasteiger charge is 2.34. The number of hydrogen-bond acceptors (Lipinski definition) is 3. The molecule has 0 unspecified atom stereocenters. The summed E-state index contributed by atoms with van der Waals surface area (Å²) in [6.45, 7) is 12.8. The van der Waals surface area contributed by atoms with Crippen molar-refractivity contribution in [3.63, 3.8) is 0 Å². The quantitative estimate of drug-likeness (QED) is 0.370. The summed E-state index contributed by atoms with van der Waals surface area (Å²) in [7, 11) is 0. The minimum atomic E-state index is -4.35. The van der Waals surface area contributed by atoms with Gasteiger partial charge in [-0.3, -0.25) is 4.79 Å². The first-order valence-corrected chi connectivity index (χ1v) is 12.4. The molecule has 0 N–H and O–H groups in total. The molecule has 0 fully saturated rings. The summed E-state index contributed by atoms with van der Waals surface area (Å²) in [6.07, 6.45) is -5.40. The molecule has 0 aliphatic carbocycles. The number of amides is 1. The molecule has 0 saturated carbocycles. The Morgan fingerprint density at radius 3 is 2.19 bits per heavy atom. The Kier molecular flexibility index (Phi) is 8.48. The molecule has 0 bridgehead atoms. The summed E-state index contributed by atoms with van der Waals surface area (Å²) < 4.78 is 41.0. The molecule has 5 nitrogen and oxygen atoms in total. The van der Waals surface area contributed by atoms with Crippen molar-refractivity contribution in [1.29, 1.82) is 0 Å². The Bertz CT molecular complexity index is 1180. The van der Waals surface area contributed by atoms with E-state index in [2.05, 4.69) is 37.8 Å². The number of benzene rings is 2. The summed E-state index contributed by atoms with van der Waals surface area (Å²) in [5.74, 6) is 0.231. The molecule has 194 valence electrons. The minimum Gasteiger partial charge on any atom is -0.333 e. The van der Waals surface area contributed by atoms with Crippen LogP contribution in [0.25, 0.3) is 0 Å². The summed E-state index contributed by atoms with van der Waals surface area (Å²) in [5, 5.41) is 0. The van der Waals surface area contributed by atoms with Crippen molar-refractivity contribution in [2.45, 2.75) is 67.2 Å². The molecule has 3 aromatic rings. The van der Waals surface area contributed by atoms with E-state index in [-0.39, 0.29) is 6.54 Å². The van der Waals surface area contributed by atoms with E-state index in [0.29, 0.717) is 30.4 Å². The maximum absolute atomic E-state index is 13.6. The Hall–Kier alpha value is -3.29. The minimum absolute atomic E-state index is 0.107. The van der Waals surface area contributed by atoms with Gasteiger partial charge in [0.05, 0.1) is 12.1 Å². The maximum Gasteiger partial charge on any atom is 0.390 e. The van der Waals surface area contributed by atoms with Crippen LogP contribution in [-0.2, 0) is 13.1 Å². The number of imidazole rings is 1. The summed E-state index contributed by atoms with van der Waals surface area (Å²) in [6, 6.07) is 13.3. The number of carbonyl (C=O) groups excluding carboxylic acids is 1. The second-order valence-corrected chi connectivity index (χ2v) is 8.97. The molecule has 1 amide bonds. The van der Waals surface area contributed by atoms with Crippen LogP contribution in [0.2, 0.25) is 0 Å². The fourth-order valence-corrected chi connectivity index (χ4v) is 4.82. The van der Waals surface area contributed by atoms with Crippen molar-refractivity contribution in [1.82, 2.24) is 14.5 Å². The van der Waals surface area contributed by atoms with Crippen molar-refractivity contribution in [2.75, 3.05) is 18.0 Å². The van der Waals surface area contributed by atoms with Crippen LogP contribution in [0.3, 0.4) is 0 Å².